The first-order chi connectivity index (χ1) is 24.2. The summed E-state index contributed by atoms with van der Waals surface area (Å²) in [6.45, 7) is 3.47. The summed E-state index contributed by atoms with van der Waals surface area (Å²) in [5.74, 6) is -5.23. The lowest BCUT2D eigenvalue weighted by Gasteiger charge is -2.10. The normalized spacial score (nSPS) is 11.1. The smallest absolute Gasteiger partial charge is 0.335 e. The lowest BCUT2D eigenvalue weighted by Crippen LogP contribution is -2.03. The highest BCUT2D eigenvalue weighted by Gasteiger charge is 2.14. The van der Waals surface area contributed by atoms with Gasteiger partial charge in [0.05, 0.1) is 45.0 Å². The number of aromatic nitrogens is 3. The summed E-state index contributed by atoms with van der Waals surface area (Å²) < 4.78 is 0. The first kappa shape index (κ1) is 34.7. The Labute approximate surface area is 286 Å². The predicted octanol–water partition coefficient (Wildman–Crippen LogP) is 7.30. The second-order valence-corrected chi connectivity index (χ2v) is 10.7. The zero-order chi connectivity index (χ0) is 36.8. The number of benzene rings is 4. The van der Waals surface area contributed by atoms with Crippen LogP contribution in [0.15, 0.2) is 93.3 Å². The number of aryl methyl sites for hydroxylation is 2. The molecule has 0 bridgehead atoms. The number of aromatic hydroxyl groups is 1. The van der Waals surface area contributed by atoms with Gasteiger partial charge in [0.15, 0.2) is 0 Å². The topological polar surface area (TPSA) is 282 Å². The van der Waals surface area contributed by atoms with Crippen LogP contribution in [0.1, 0.15) is 52.6 Å². The van der Waals surface area contributed by atoms with Gasteiger partial charge in [-0.2, -0.15) is 35.4 Å². The molecule has 0 aliphatic heterocycles. The number of carboxylic acid groups (broad SMARTS) is 4. The van der Waals surface area contributed by atoms with Crippen LogP contribution in [-0.2, 0) is 0 Å². The van der Waals surface area contributed by atoms with Crippen LogP contribution in [0.3, 0.4) is 0 Å². The number of azo groups is 2. The molecule has 0 saturated heterocycles. The molecule has 0 amide bonds. The molecule has 4 aromatic carbocycles. The van der Waals surface area contributed by atoms with Crippen LogP contribution in [0.5, 0.6) is 6.01 Å². The molecule has 0 spiro atoms. The van der Waals surface area contributed by atoms with Crippen molar-refractivity contribution >= 4 is 69.9 Å². The number of nitrogens with one attached hydrogen (secondary N) is 2. The number of rotatable bonds is 12. The molecular formula is C33H25N9O9. The molecule has 5 aromatic rings. The minimum Gasteiger partial charge on any atom is -0.479 e. The molecule has 51 heavy (non-hydrogen) atoms. The molecule has 7 N–H and O–H groups in total. The van der Waals surface area contributed by atoms with Gasteiger partial charge in [-0.05, 0) is 97.8 Å². The van der Waals surface area contributed by atoms with E-state index in [0.29, 0.717) is 33.9 Å². The Morgan fingerprint density at radius 3 is 1.18 bits per heavy atom. The highest BCUT2D eigenvalue weighted by molar-refractivity contribution is 5.96. The number of nitrogens with zero attached hydrogens (tertiary/aromatic N) is 7. The van der Waals surface area contributed by atoms with Crippen LogP contribution in [0, 0.1) is 13.8 Å². The van der Waals surface area contributed by atoms with Crippen molar-refractivity contribution in [2.75, 3.05) is 10.6 Å². The zero-order valence-corrected chi connectivity index (χ0v) is 26.4. The van der Waals surface area contributed by atoms with Crippen LogP contribution in [0.4, 0.5) is 46.0 Å². The largest absolute Gasteiger partial charge is 0.479 e. The number of anilines is 4. The quantitative estimate of drug-likeness (QED) is 0.0632. The van der Waals surface area contributed by atoms with Crippen LogP contribution >= 0.6 is 0 Å². The monoisotopic (exact) mass is 691 g/mol. The molecule has 18 heteroatoms. The fraction of sp³-hybridized carbons (Fsp3) is 0.0606. The number of carboxylic acids is 4. The van der Waals surface area contributed by atoms with E-state index in [1.807, 2.05) is 0 Å². The molecule has 18 nitrogen and oxygen atoms in total. The van der Waals surface area contributed by atoms with E-state index in [1.54, 1.807) is 50.2 Å². The van der Waals surface area contributed by atoms with Crippen molar-refractivity contribution in [1.29, 1.82) is 0 Å². The van der Waals surface area contributed by atoms with Crippen molar-refractivity contribution in [2.24, 2.45) is 20.5 Å². The maximum absolute atomic E-state index is 11.4. The molecule has 0 aliphatic carbocycles. The molecule has 5 rings (SSSR count). The third kappa shape index (κ3) is 8.84. The highest BCUT2D eigenvalue weighted by atomic mass is 16.4. The van der Waals surface area contributed by atoms with E-state index in [4.69, 9.17) is 0 Å². The van der Waals surface area contributed by atoms with Crippen molar-refractivity contribution in [3.63, 3.8) is 0 Å². The second-order valence-electron chi connectivity index (χ2n) is 10.7. The lowest BCUT2D eigenvalue weighted by atomic mass is 10.1. The Morgan fingerprint density at radius 2 is 0.863 bits per heavy atom. The molecule has 0 aliphatic rings. The van der Waals surface area contributed by atoms with Crippen LogP contribution in [-0.4, -0.2) is 64.4 Å². The Kier molecular flexibility index (Phi) is 9.96. The number of carbonyl (C=O) groups is 4. The van der Waals surface area contributed by atoms with Crippen molar-refractivity contribution < 1.29 is 44.7 Å². The van der Waals surface area contributed by atoms with Gasteiger partial charge in [-0.25, -0.2) is 19.2 Å². The molecule has 0 unspecified atom stereocenters. The van der Waals surface area contributed by atoms with Gasteiger partial charge in [-0.3, -0.25) is 0 Å². The van der Waals surface area contributed by atoms with Crippen LogP contribution < -0.4 is 10.6 Å². The predicted molar refractivity (Wildman–Crippen MR) is 179 cm³/mol. The fourth-order valence-electron chi connectivity index (χ4n) is 4.48. The summed E-state index contributed by atoms with van der Waals surface area (Å²) in [6, 6.07) is 16.1. The molecule has 0 saturated carbocycles. The van der Waals surface area contributed by atoms with E-state index in [2.05, 4.69) is 46.0 Å². The molecular weight excluding hydrogens is 666 g/mol. The fourth-order valence-corrected chi connectivity index (χ4v) is 4.48. The highest BCUT2D eigenvalue weighted by Crippen LogP contribution is 2.29. The number of hydrogen-bond acceptors (Lipinski definition) is 14. The van der Waals surface area contributed by atoms with E-state index in [1.165, 1.54) is 24.3 Å². The lowest BCUT2D eigenvalue weighted by molar-refractivity contribution is 0.0676. The minimum atomic E-state index is -1.31. The van der Waals surface area contributed by atoms with Gasteiger partial charge in [0.1, 0.15) is 0 Å². The Morgan fingerprint density at radius 1 is 0.510 bits per heavy atom. The van der Waals surface area contributed by atoms with E-state index in [-0.39, 0.29) is 45.5 Å². The maximum Gasteiger partial charge on any atom is 0.335 e. The summed E-state index contributed by atoms with van der Waals surface area (Å²) >= 11 is 0. The summed E-state index contributed by atoms with van der Waals surface area (Å²) in [5, 5.41) is 69.5. The van der Waals surface area contributed by atoms with Crippen molar-refractivity contribution in [3.8, 4) is 6.01 Å². The van der Waals surface area contributed by atoms with Gasteiger partial charge in [0, 0.05) is 11.4 Å². The maximum atomic E-state index is 11.4. The van der Waals surface area contributed by atoms with Gasteiger partial charge >= 0.3 is 29.9 Å². The Hall–Kier alpha value is -7.63. The average molecular weight is 692 g/mol. The standard InChI is InChI=1S/C33H25N9O9/c1-15-7-21(3-5-25(15)41-39-23-11-17(27(43)44)9-18(12-23)28(45)46)34-31-36-32(38-33(51)37-31)35-22-4-6-26(16(2)8-22)42-40-24-13-19(29(47)48)10-20(14-24)30(49)50/h3-14H,1-2H3,(H,43,44)(H,45,46)(H,47,48)(H,49,50)(H3,34,35,36,37,38,51). The molecule has 0 radical (unpaired) electrons. The SMILES string of the molecule is Cc1cc(Nc2nc(O)nc(Nc3ccc(N=Nc4cc(C(=O)O)cc(C(=O)O)c4)c(C)c3)n2)ccc1N=Nc1cc(C(=O)O)cc(C(=O)O)c1. The van der Waals surface area contributed by atoms with E-state index in [9.17, 15) is 44.7 Å². The molecule has 1 heterocycles. The van der Waals surface area contributed by atoms with Gasteiger partial charge in [-0.1, -0.05) is 0 Å². The zero-order valence-electron chi connectivity index (χ0n) is 26.4. The molecule has 256 valence electrons. The first-order valence-electron chi connectivity index (χ1n) is 14.5. The van der Waals surface area contributed by atoms with Crippen molar-refractivity contribution in [2.45, 2.75) is 13.8 Å². The van der Waals surface area contributed by atoms with E-state index >= 15 is 0 Å². The van der Waals surface area contributed by atoms with E-state index in [0.717, 1.165) is 12.1 Å². The van der Waals surface area contributed by atoms with Gasteiger partial charge < -0.3 is 36.2 Å². The van der Waals surface area contributed by atoms with Gasteiger partial charge in [0.25, 0.3) is 0 Å². The Balaban J connectivity index is 1.29. The molecule has 0 fully saturated rings. The second kappa shape index (κ2) is 14.6. The summed E-state index contributed by atoms with van der Waals surface area (Å²) in [4.78, 5) is 57.6. The first-order valence-corrected chi connectivity index (χ1v) is 14.5. The third-order valence-corrected chi connectivity index (χ3v) is 6.90. The Bertz CT molecular complexity index is 2070. The minimum absolute atomic E-state index is 0.00285. The number of hydrogen-bond donors (Lipinski definition) is 7. The summed E-state index contributed by atoms with van der Waals surface area (Å²) in [6.07, 6.45) is 0. The summed E-state index contributed by atoms with van der Waals surface area (Å²) in [7, 11) is 0. The van der Waals surface area contributed by atoms with Gasteiger partial charge in [-0.15, -0.1) is 0 Å². The van der Waals surface area contributed by atoms with E-state index < -0.39 is 29.9 Å². The van der Waals surface area contributed by atoms with Crippen LogP contribution in [0.2, 0.25) is 0 Å². The number of aromatic carboxylic acids is 4. The average Bonchev–Trinajstić information content (AvgIpc) is 3.07. The summed E-state index contributed by atoms with van der Waals surface area (Å²) in [5.41, 5.74) is 2.23. The molecule has 0 atom stereocenters. The van der Waals surface area contributed by atoms with Crippen molar-refractivity contribution in [3.05, 3.63) is 106 Å². The third-order valence-electron chi connectivity index (χ3n) is 6.90. The van der Waals surface area contributed by atoms with Gasteiger partial charge in [0.2, 0.25) is 11.9 Å². The molecule has 1 aromatic heterocycles. The van der Waals surface area contributed by atoms with Crippen LogP contribution in [0.25, 0.3) is 0 Å². The van der Waals surface area contributed by atoms with Crippen molar-refractivity contribution in [1.82, 2.24) is 15.0 Å².